The molecule has 0 aromatic heterocycles. The highest BCUT2D eigenvalue weighted by Crippen LogP contribution is 2.35. The number of halogens is 2. The van der Waals surface area contributed by atoms with Crippen molar-refractivity contribution in [2.45, 2.75) is 19.8 Å². The first kappa shape index (κ1) is 14.1. The van der Waals surface area contributed by atoms with Crippen LogP contribution in [0, 0.1) is 0 Å². The number of hydrogen-bond donors (Lipinski definition) is 1. The van der Waals surface area contributed by atoms with Crippen molar-refractivity contribution in [3.8, 4) is 0 Å². The van der Waals surface area contributed by atoms with Crippen molar-refractivity contribution in [1.82, 2.24) is 0 Å². The van der Waals surface area contributed by atoms with Crippen LogP contribution in [0.1, 0.15) is 29.8 Å². The summed E-state index contributed by atoms with van der Waals surface area (Å²) in [6, 6.07) is 3.57. The normalized spacial score (nSPS) is 11.1. The second-order valence-electron chi connectivity index (χ2n) is 3.62. The fraction of sp³-hybridized carbons (Fsp3) is 0.333. The molecule has 0 aliphatic carbocycles. The van der Waals surface area contributed by atoms with E-state index in [1.807, 2.05) is 0 Å². The highest BCUT2D eigenvalue weighted by Gasteiger charge is 2.44. The van der Waals surface area contributed by atoms with Crippen LogP contribution in [0.4, 0.5) is 14.5 Å². The quantitative estimate of drug-likeness (QED) is 0.509. The molecule has 1 aromatic rings. The van der Waals surface area contributed by atoms with Gasteiger partial charge in [0.1, 0.15) is 0 Å². The van der Waals surface area contributed by atoms with Gasteiger partial charge in [0.2, 0.25) is 0 Å². The summed E-state index contributed by atoms with van der Waals surface area (Å²) in [5, 5.41) is 0. The number of ketones is 1. The van der Waals surface area contributed by atoms with Crippen molar-refractivity contribution in [3.05, 3.63) is 29.3 Å². The molecule has 0 heterocycles. The summed E-state index contributed by atoms with van der Waals surface area (Å²) in [6.07, 6.45) is 0. The molecule has 6 heteroatoms. The molecule has 0 amide bonds. The highest BCUT2D eigenvalue weighted by molar-refractivity contribution is 6.00. The first-order valence-electron chi connectivity index (χ1n) is 5.27. The van der Waals surface area contributed by atoms with Gasteiger partial charge < -0.3 is 10.5 Å². The first-order chi connectivity index (χ1) is 8.32. The minimum Gasteiger partial charge on any atom is -0.461 e. The molecular formula is C12H13F2NO3. The van der Waals surface area contributed by atoms with Crippen LogP contribution < -0.4 is 5.73 Å². The number of Topliss-reactive ketones (excluding diaryl/α,β-unsaturated/α-hetero) is 1. The van der Waals surface area contributed by atoms with E-state index in [2.05, 4.69) is 4.74 Å². The van der Waals surface area contributed by atoms with Gasteiger partial charge in [-0.2, -0.15) is 8.78 Å². The van der Waals surface area contributed by atoms with Crippen LogP contribution in [0.3, 0.4) is 0 Å². The molecule has 0 aliphatic rings. The lowest BCUT2D eigenvalue weighted by molar-refractivity contribution is -0.173. The number of anilines is 1. The van der Waals surface area contributed by atoms with Crippen molar-refractivity contribution in [2.24, 2.45) is 0 Å². The van der Waals surface area contributed by atoms with E-state index in [1.54, 1.807) is 0 Å². The lowest BCUT2D eigenvalue weighted by Gasteiger charge is -2.17. The maximum absolute atomic E-state index is 13.8. The van der Waals surface area contributed by atoms with Crippen molar-refractivity contribution < 1.29 is 23.1 Å². The average Bonchev–Trinajstić information content (AvgIpc) is 2.28. The number of hydrogen-bond acceptors (Lipinski definition) is 4. The smallest absolute Gasteiger partial charge is 0.382 e. The van der Waals surface area contributed by atoms with Gasteiger partial charge in [-0.3, -0.25) is 4.79 Å². The third-order valence-corrected chi connectivity index (χ3v) is 2.36. The number of esters is 1. The number of carbonyl (C=O) groups excluding carboxylic acids is 2. The molecule has 0 atom stereocenters. The summed E-state index contributed by atoms with van der Waals surface area (Å²) in [5.74, 6) is -6.00. The number of alkyl halides is 2. The van der Waals surface area contributed by atoms with Gasteiger partial charge >= 0.3 is 11.9 Å². The Bertz CT molecular complexity index is 486. The molecule has 0 saturated heterocycles. The molecule has 0 radical (unpaired) electrons. The number of nitrogen functional groups attached to an aromatic ring is 1. The topological polar surface area (TPSA) is 69.4 Å². The van der Waals surface area contributed by atoms with Crippen LogP contribution in [0.15, 0.2) is 18.2 Å². The molecule has 0 aliphatic heterocycles. The van der Waals surface area contributed by atoms with E-state index >= 15 is 0 Å². The summed E-state index contributed by atoms with van der Waals surface area (Å²) in [4.78, 5) is 22.4. The molecule has 0 unspecified atom stereocenters. The minimum absolute atomic E-state index is 0.0449. The summed E-state index contributed by atoms with van der Waals surface area (Å²) < 4.78 is 31.8. The zero-order chi connectivity index (χ0) is 13.9. The van der Waals surface area contributed by atoms with Gasteiger partial charge in [-0.15, -0.1) is 0 Å². The Kier molecular flexibility index (Phi) is 4.00. The van der Waals surface area contributed by atoms with E-state index in [1.165, 1.54) is 26.0 Å². The fourth-order valence-corrected chi connectivity index (χ4v) is 1.48. The number of benzene rings is 1. The monoisotopic (exact) mass is 257 g/mol. The van der Waals surface area contributed by atoms with Gasteiger partial charge in [0.05, 0.1) is 17.9 Å². The molecule has 0 fully saturated rings. The Labute approximate surface area is 103 Å². The van der Waals surface area contributed by atoms with E-state index in [4.69, 9.17) is 5.73 Å². The Morgan fingerprint density at radius 1 is 1.39 bits per heavy atom. The van der Waals surface area contributed by atoms with Crippen LogP contribution >= 0.6 is 0 Å². The molecule has 0 bridgehead atoms. The molecule has 1 aromatic carbocycles. The highest BCUT2D eigenvalue weighted by atomic mass is 19.3. The van der Waals surface area contributed by atoms with Crippen LogP contribution in [0.25, 0.3) is 0 Å². The predicted molar refractivity (Wildman–Crippen MR) is 61.4 cm³/mol. The van der Waals surface area contributed by atoms with Gasteiger partial charge in [-0.25, -0.2) is 4.79 Å². The maximum Gasteiger partial charge on any atom is 0.382 e. The Morgan fingerprint density at radius 3 is 2.50 bits per heavy atom. The van der Waals surface area contributed by atoms with E-state index in [0.29, 0.717) is 0 Å². The summed E-state index contributed by atoms with van der Waals surface area (Å²) in [7, 11) is 0. The number of para-hydroxylation sites is 1. The Morgan fingerprint density at radius 2 is 2.00 bits per heavy atom. The molecule has 18 heavy (non-hydrogen) atoms. The third-order valence-electron chi connectivity index (χ3n) is 2.36. The second kappa shape index (κ2) is 5.12. The fourth-order valence-electron chi connectivity index (χ4n) is 1.48. The third kappa shape index (κ3) is 2.47. The van der Waals surface area contributed by atoms with Gasteiger partial charge in [-0.05, 0) is 19.9 Å². The summed E-state index contributed by atoms with van der Waals surface area (Å²) in [5.41, 5.74) is 4.34. The largest absolute Gasteiger partial charge is 0.461 e. The maximum atomic E-state index is 13.8. The molecule has 0 saturated carbocycles. The van der Waals surface area contributed by atoms with Crippen LogP contribution in [0.5, 0.6) is 0 Å². The Hall–Kier alpha value is -1.98. The summed E-state index contributed by atoms with van der Waals surface area (Å²) >= 11 is 0. The first-order valence-corrected chi connectivity index (χ1v) is 5.27. The van der Waals surface area contributed by atoms with Crippen LogP contribution in [-0.4, -0.2) is 18.4 Å². The average molecular weight is 257 g/mol. The van der Waals surface area contributed by atoms with Crippen LogP contribution in [0.2, 0.25) is 0 Å². The van der Waals surface area contributed by atoms with E-state index < -0.39 is 28.9 Å². The molecule has 98 valence electrons. The summed E-state index contributed by atoms with van der Waals surface area (Å²) in [6.45, 7) is 2.46. The minimum atomic E-state index is -3.87. The molecule has 1 rings (SSSR count). The van der Waals surface area contributed by atoms with Crippen molar-refractivity contribution in [1.29, 1.82) is 0 Å². The van der Waals surface area contributed by atoms with Crippen molar-refractivity contribution in [2.75, 3.05) is 12.3 Å². The van der Waals surface area contributed by atoms with Crippen molar-refractivity contribution >= 4 is 17.4 Å². The van der Waals surface area contributed by atoms with E-state index in [9.17, 15) is 18.4 Å². The van der Waals surface area contributed by atoms with Crippen molar-refractivity contribution in [3.63, 3.8) is 0 Å². The standard InChI is InChI=1S/C12H13F2NO3/c1-3-18-11(17)12(13,14)9-6-4-5-8(7(2)16)10(9)15/h4-6H,3,15H2,1-2H3. The van der Waals surface area contributed by atoms with Gasteiger partial charge in [0.25, 0.3) is 0 Å². The molecular weight excluding hydrogens is 244 g/mol. The molecule has 2 N–H and O–H groups in total. The lowest BCUT2D eigenvalue weighted by Crippen LogP contribution is -2.29. The van der Waals surface area contributed by atoms with E-state index in [-0.39, 0.29) is 12.2 Å². The zero-order valence-electron chi connectivity index (χ0n) is 10.00. The zero-order valence-corrected chi connectivity index (χ0v) is 10.00. The SMILES string of the molecule is CCOC(=O)C(F)(F)c1cccc(C(C)=O)c1N. The number of carbonyl (C=O) groups is 2. The van der Waals surface area contributed by atoms with Crippen LogP contribution in [-0.2, 0) is 15.5 Å². The lowest BCUT2D eigenvalue weighted by atomic mass is 10.00. The second-order valence-corrected chi connectivity index (χ2v) is 3.62. The number of nitrogens with two attached hydrogens (primary N) is 1. The van der Waals surface area contributed by atoms with Gasteiger partial charge in [0, 0.05) is 5.56 Å². The number of ether oxygens (including phenoxy) is 1. The molecule has 4 nitrogen and oxygen atoms in total. The predicted octanol–water partition coefficient (Wildman–Crippen LogP) is 2.13. The Balaban J connectivity index is 3.29. The van der Waals surface area contributed by atoms with Gasteiger partial charge in [-0.1, -0.05) is 12.1 Å². The van der Waals surface area contributed by atoms with Gasteiger partial charge in [0.15, 0.2) is 5.78 Å². The van der Waals surface area contributed by atoms with E-state index in [0.717, 1.165) is 6.07 Å². The molecule has 0 spiro atoms. The number of rotatable bonds is 4.